The normalized spacial score (nSPS) is 10.4. The second-order valence-corrected chi connectivity index (χ2v) is 3.45. The zero-order valence-corrected chi connectivity index (χ0v) is 8.00. The monoisotopic (exact) mass is 181 g/mol. The minimum atomic E-state index is 0.0398. The fourth-order valence-electron chi connectivity index (χ4n) is 0.935. The number of nitrogens with one attached hydrogen (secondary N) is 2. The van der Waals surface area contributed by atoms with Crippen molar-refractivity contribution >= 4 is 5.91 Å². The molecule has 0 unspecified atom stereocenters. The number of carbonyl (C=O) groups is 1. The van der Waals surface area contributed by atoms with Crippen LogP contribution in [0.4, 0.5) is 0 Å². The molecule has 1 amide bonds. The molecule has 0 saturated heterocycles. The first-order valence-electron chi connectivity index (χ1n) is 4.42. The molecular weight excluding hydrogens is 166 g/mol. The number of imidazole rings is 1. The van der Waals surface area contributed by atoms with Crippen molar-refractivity contribution in [2.75, 3.05) is 6.54 Å². The third-order valence-corrected chi connectivity index (χ3v) is 1.61. The van der Waals surface area contributed by atoms with Gasteiger partial charge >= 0.3 is 0 Å². The number of aromatic nitrogens is 2. The third kappa shape index (κ3) is 3.73. The molecule has 4 heteroatoms. The molecule has 0 aromatic carbocycles. The van der Waals surface area contributed by atoms with Gasteiger partial charge in [0.25, 0.3) is 0 Å². The minimum Gasteiger partial charge on any atom is -0.356 e. The van der Waals surface area contributed by atoms with Crippen LogP contribution in [0.25, 0.3) is 0 Å². The highest BCUT2D eigenvalue weighted by molar-refractivity contribution is 5.77. The molecule has 1 aromatic rings. The predicted octanol–water partition coefficient (Wildman–Crippen LogP) is 0.724. The molecule has 1 heterocycles. The van der Waals surface area contributed by atoms with Crippen molar-refractivity contribution in [1.82, 2.24) is 15.3 Å². The van der Waals surface area contributed by atoms with E-state index in [-0.39, 0.29) is 5.91 Å². The summed E-state index contributed by atoms with van der Waals surface area (Å²) in [5, 5.41) is 2.83. The van der Waals surface area contributed by atoms with E-state index in [0.717, 1.165) is 12.2 Å². The second kappa shape index (κ2) is 4.64. The van der Waals surface area contributed by atoms with Gasteiger partial charge in [-0.25, -0.2) is 4.98 Å². The Bertz CT molecular complexity index is 254. The standard InChI is InChI=1S/C9H15N3O/c1-7(2)4-11-9(13)3-8-5-10-6-12-8/h5-7H,3-4H2,1-2H3,(H,10,12)(H,11,13). The second-order valence-electron chi connectivity index (χ2n) is 3.45. The van der Waals surface area contributed by atoms with Gasteiger partial charge in [0.05, 0.1) is 12.7 Å². The van der Waals surface area contributed by atoms with Gasteiger partial charge in [-0.15, -0.1) is 0 Å². The Labute approximate surface area is 77.8 Å². The highest BCUT2D eigenvalue weighted by Gasteiger charge is 2.03. The third-order valence-electron chi connectivity index (χ3n) is 1.61. The maximum Gasteiger partial charge on any atom is 0.225 e. The first-order valence-corrected chi connectivity index (χ1v) is 4.42. The Hall–Kier alpha value is -1.32. The van der Waals surface area contributed by atoms with Gasteiger partial charge in [-0.05, 0) is 5.92 Å². The van der Waals surface area contributed by atoms with E-state index in [1.165, 1.54) is 0 Å². The van der Waals surface area contributed by atoms with Crippen molar-refractivity contribution in [1.29, 1.82) is 0 Å². The van der Waals surface area contributed by atoms with Gasteiger partial charge < -0.3 is 10.3 Å². The summed E-state index contributed by atoms with van der Waals surface area (Å²) < 4.78 is 0. The van der Waals surface area contributed by atoms with Crippen molar-refractivity contribution in [3.63, 3.8) is 0 Å². The number of rotatable bonds is 4. The molecule has 0 fully saturated rings. The molecule has 0 aliphatic rings. The van der Waals surface area contributed by atoms with E-state index in [1.54, 1.807) is 12.5 Å². The fourth-order valence-corrected chi connectivity index (χ4v) is 0.935. The molecule has 0 aliphatic carbocycles. The molecule has 0 radical (unpaired) electrons. The maximum atomic E-state index is 11.3. The quantitative estimate of drug-likeness (QED) is 0.719. The summed E-state index contributed by atoms with van der Waals surface area (Å²) >= 11 is 0. The van der Waals surface area contributed by atoms with Gasteiger partial charge in [0.1, 0.15) is 0 Å². The molecule has 0 saturated carbocycles. The first-order chi connectivity index (χ1) is 6.18. The average molecular weight is 181 g/mol. The van der Waals surface area contributed by atoms with Gasteiger partial charge in [-0.2, -0.15) is 0 Å². The number of amides is 1. The number of aromatic amines is 1. The van der Waals surface area contributed by atoms with Gasteiger partial charge in [-0.1, -0.05) is 13.8 Å². The lowest BCUT2D eigenvalue weighted by Crippen LogP contribution is -2.28. The summed E-state index contributed by atoms with van der Waals surface area (Å²) in [4.78, 5) is 18.0. The zero-order chi connectivity index (χ0) is 9.68. The zero-order valence-electron chi connectivity index (χ0n) is 8.00. The maximum absolute atomic E-state index is 11.3. The molecule has 0 aliphatic heterocycles. The summed E-state index contributed by atoms with van der Waals surface area (Å²) in [7, 11) is 0. The molecule has 2 N–H and O–H groups in total. The van der Waals surface area contributed by atoms with Crippen molar-refractivity contribution in [3.05, 3.63) is 18.2 Å². The minimum absolute atomic E-state index is 0.0398. The van der Waals surface area contributed by atoms with Crippen LogP contribution in [0.2, 0.25) is 0 Å². The Morgan fingerprint density at radius 1 is 1.69 bits per heavy atom. The van der Waals surface area contributed by atoms with E-state index in [2.05, 4.69) is 29.1 Å². The smallest absolute Gasteiger partial charge is 0.225 e. The predicted molar refractivity (Wildman–Crippen MR) is 50.1 cm³/mol. The number of carbonyl (C=O) groups excluding carboxylic acids is 1. The van der Waals surface area contributed by atoms with Crippen LogP contribution in [-0.2, 0) is 11.2 Å². The lowest BCUT2D eigenvalue weighted by atomic mass is 10.2. The topological polar surface area (TPSA) is 57.8 Å². The van der Waals surface area contributed by atoms with Crippen molar-refractivity contribution in [2.45, 2.75) is 20.3 Å². The summed E-state index contributed by atoms with van der Waals surface area (Å²) in [6, 6.07) is 0. The molecule has 72 valence electrons. The van der Waals surface area contributed by atoms with Gasteiger partial charge in [-0.3, -0.25) is 4.79 Å². The van der Waals surface area contributed by atoms with Gasteiger partial charge in [0.2, 0.25) is 5.91 Å². The highest BCUT2D eigenvalue weighted by atomic mass is 16.1. The Balaban J connectivity index is 2.26. The van der Waals surface area contributed by atoms with E-state index < -0.39 is 0 Å². The van der Waals surface area contributed by atoms with Crippen LogP contribution in [-0.4, -0.2) is 22.4 Å². The molecule has 4 nitrogen and oxygen atoms in total. The molecule has 1 aromatic heterocycles. The van der Waals surface area contributed by atoms with E-state index in [1.807, 2.05) is 0 Å². The molecule has 0 spiro atoms. The van der Waals surface area contributed by atoms with Crippen LogP contribution in [0.15, 0.2) is 12.5 Å². The number of hydrogen-bond acceptors (Lipinski definition) is 2. The number of nitrogens with zero attached hydrogens (tertiary/aromatic N) is 1. The average Bonchev–Trinajstić information content (AvgIpc) is 2.53. The molecule has 0 bridgehead atoms. The van der Waals surface area contributed by atoms with Crippen LogP contribution in [0.1, 0.15) is 19.5 Å². The van der Waals surface area contributed by atoms with Crippen molar-refractivity contribution in [3.8, 4) is 0 Å². The fraction of sp³-hybridized carbons (Fsp3) is 0.556. The van der Waals surface area contributed by atoms with Crippen LogP contribution < -0.4 is 5.32 Å². The Morgan fingerprint density at radius 2 is 2.46 bits per heavy atom. The van der Waals surface area contributed by atoms with Gasteiger partial charge in [0, 0.05) is 18.4 Å². The van der Waals surface area contributed by atoms with Crippen molar-refractivity contribution < 1.29 is 4.79 Å². The summed E-state index contributed by atoms with van der Waals surface area (Å²) in [5.74, 6) is 0.531. The Morgan fingerprint density at radius 3 is 3.00 bits per heavy atom. The van der Waals surface area contributed by atoms with E-state index in [9.17, 15) is 4.79 Å². The lowest BCUT2D eigenvalue weighted by Gasteiger charge is -2.06. The molecule has 13 heavy (non-hydrogen) atoms. The summed E-state index contributed by atoms with van der Waals surface area (Å²) in [6.45, 7) is 4.86. The summed E-state index contributed by atoms with van der Waals surface area (Å²) in [5.41, 5.74) is 0.848. The SMILES string of the molecule is CC(C)CNC(=O)Cc1cnc[nH]1. The van der Waals surface area contributed by atoms with E-state index in [0.29, 0.717) is 12.3 Å². The molecule has 0 atom stereocenters. The highest BCUT2D eigenvalue weighted by Crippen LogP contribution is 1.93. The number of H-pyrrole nitrogens is 1. The van der Waals surface area contributed by atoms with E-state index in [4.69, 9.17) is 0 Å². The van der Waals surface area contributed by atoms with Crippen LogP contribution in [0.5, 0.6) is 0 Å². The van der Waals surface area contributed by atoms with Crippen LogP contribution in [0, 0.1) is 5.92 Å². The van der Waals surface area contributed by atoms with Crippen LogP contribution in [0.3, 0.4) is 0 Å². The van der Waals surface area contributed by atoms with E-state index >= 15 is 0 Å². The largest absolute Gasteiger partial charge is 0.356 e. The molecular formula is C9H15N3O. The number of hydrogen-bond donors (Lipinski definition) is 2. The summed E-state index contributed by atoms with van der Waals surface area (Å²) in [6.07, 6.45) is 3.62. The lowest BCUT2D eigenvalue weighted by molar-refractivity contribution is -0.120. The van der Waals surface area contributed by atoms with Crippen molar-refractivity contribution in [2.24, 2.45) is 5.92 Å². The first kappa shape index (κ1) is 9.77. The molecule has 1 rings (SSSR count). The Kier molecular flexibility index (Phi) is 3.49. The van der Waals surface area contributed by atoms with Gasteiger partial charge in [0.15, 0.2) is 0 Å². The van der Waals surface area contributed by atoms with Crippen LogP contribution >= 0.6 is 0 Å².